The van der Waals surface area contributed by atoms with E-state index in [0.29, 0.717) is 18.4 Å². The Balaban J connectivity index is 1.82. The average Bonchev–Trinajstić information content (AvgIpc) is 2.83. The van der Waals surface area contributed by atoms with E-state index in [-0.39, 0.29) is 43.4 Å². The second kappa shape index (κ2) is 4.64. The first-order chi connectivity index (χ1) is 12.3. The van der Waals surface area contributed by atoms with E-state index in [2.05, 4.69) is 6.58 Å². The van der Waals surface area contributed by atoms with Crippen LogP contribution in [-0.2, 0) is 33.3 Å². The minimum atomic E-state index is -1.28. The summed E-state index contributed by atoms with van der Waals surface area (Å²) in [4.78, 5) is 39.1. The van der Waals surface area contributed by atoms with E-state index in [4.69, 9.17) is 18.9 Å². The SMILES string of the molecule is C=C1CC(OC)(OC)[C@@H]2O[C@@]34C[C@H]5CC[C@@]3(CC5=O)[C@]2(COC4=O)C1=O. The van der Waals surface area contributed by atoms with Crippen molar-refractivity contribution in [2.75, 3.05) is 20.8 Å². The molecule has 0 unspecified atom stereocenters. The van der Waals surface area contributed by atoms with E-state index in [1.807, 2.05) is 0 Å². The predicted octanol–water partition coefficient (Wildman–Crippen LogP) is 0.945. The van der Waals surface area contributed by atoms with Crippen molar-refractivity contribution in [2.45, 2.75) is 49.6 Å². The van der Waals surface area contributed by atoms with Gasteiger partial charge in [-0.15, -0.1) is 0 Å². The molecule has 5 atom stereocenters. The van der Waals surface area contributed by atoms with E-state index < -0.39 is 34.3 Å². The molecule has 2 aliphatic heterocycles. The van der Waals surface area contributed by atoms with Gasteiger partial charge in [0.2, 0.25) is 0 Å². The first-order valence-electron chi connectivity index (χ1n) is 9.03. The lowest BCUT2D eigenvalue weighted by molar-refractivity contribution is -0.287. The summed E-state index contributed by atoms with van der Waals surface area (Å²) in [5.41, 5.74) is -3.02. The second-order valence-corrected chi connectivity index (χ2v) is 8.37. The third-order valence-electron chi connectivity index (χ3n) is 7.82. The van der Waals surface area contributed by atoms with Crippen LogP contribution in [0.15, 0.2) is 12.2 Å². The van der Waals surface area contributed by atoms with Crippen LogP contribution < -0.4 is 0 Å². The zero-order valence-corrected chi connectivity index (χ0v) is 15.0. The highest BCUT2D eigenvalue weighted by Gasteiger charge is 2.87. The van der Waals surface area contributed by atoms with Crippen molar-refractivity contribution in [3.05, 3.63) is 12.2 Å². The largest absolute Gasteiger partial charge is 0.462 e. The quantitative estimate of drug-likeness (QED) is 0.410. The molecule has 2 spiro atoms. The number of fused-ring (bicyclic) bond motifs is 2. The number of methoxy groups -OCH3 is 2. The first-order valence-corrected chi connectivity index (χ1v) is 9.03. The average molecular weight is 362 g/mol. The van der Waals surface area contributed by atoms with Gasteiger partial charge in [-0.1, -0.05) is 6.58 Å². The molecule has 7 nitrogen and oxygen atoms in total. The fourth-order valence-electron chi connectivity index (χ4n) is 6.60. The van der Waals surface area contributed by atoms with Crippen LogP contribution in [0.1, 0.15) is 32.1 Å². The highest BCUT2D eigenvalue weighted by Crippen LogP contribution is 2.75. The number of hydrogen-bond acceptors (Lipinski definition) is 7. The third-order valence-corrected chi connectivity index (χ3v) is 7.82. The number of esters is 1. The molecule has 7 heteroatoms. The lowest BCUT2D eigenvalue weighted by Gasteiger charge is -2.61. The Morgan fingerprint density at radius 2 is 1.88 bits per heavy atom. The Hall–Kier alpha value is -1.57. The Kier molecular flexibility index (Phi) is 2.96. The van der Waals surface area contributed by atoms with Crippen molar-refractivity contribution < 1.29 is 33.3 Å². The number of ketones is 2. The maximum Gasteiger partial charge on any atom is 0.339 e. The molecule has 0 aromatic rings. The number of hydrogen-bond donors (Lipinski definition) is 0. The number of ether oxygens (including phenoxy) is 4. The summed E-state index contributed by atoms with van der Waals surface area (Å²) >= 11 is 0. The molecule has 0 aromatic carbocycles. The topological polar surface area (TPSA) is 88.1 Å². The molecule has 0 aromatic heterocycles. The summed E-state index contributed by atoms with van der Waals surface area (Å²) in [6, 6.07) is 0. The maximum absolute atomic E-state index is 13.5. The third kappa shape index (κ3) is 1.38. The lowest BCUT2D eigenvalue weighted by atomic mass is 9.40. The summed E-state index contributed by atoms with van der Waals surface area (Å²) in [5.74, 6) is -2.00. The molecule has 4 aliphatic carbocycles. The maximum atomic E-state index is 13.5. The number of cyclic esters (lactones) is 1. The molecule has 0 amide bonds. The molecule has 6 fully saturated rings. The first kappa shape index (κ1) is 16.6. The Bertz CT molecular complexity index is 768. The highest BCUT2D eigenvalue weighted by molar-refractivity contribution is 6.06. The molecule has 140 valence electrons. The minimum Gasteiger partial charge on any atom is -0.462 e. The van der Waals surface area contributed by atoms with Gasteiger partial charge >= 0.3 is 5.97 Å². The number of carbonyl (C=O) groups is 3. The molecule has 0 N–H and O–H groups in total. The number of carbonyl (C=O) groups excluding carboxylic acids is 3. The van der Waals surface area contributed by atoms with E-state index in [1.54, 1.807) is 0 Å². The Morgan fingerprint density at radius 1 is 1.15 bits per heavy atom. The fourth-order valence-corrected chi connectivity index (χ4v) is 6.60. The zero-order valence-electron chi connectivity index (χ0n) is 15.0. The van der Waals surface area contributed by atoms with Gasteiger partial charge in [-0.3, -0.25) is 9.59 Å². The minimum absolute atomic E-state index is 0.106. The van der Waals surface area contributed by atoms with E-state index in [9.17, 15) is 14.4 Å². The van der Waals surface area contributed by atoms with Crippen LogP contribution in [0.5, 0.6) is 0 Å². The monoisotopic (exact) mass is 362 g/mol. The fraction of sp³-hybridized carbons (Fsp3) is 0.737. The molecule has 6 rings (SSSR count). The van der Waals surface area contributed by atoms with Gasteiger partial charge in [-0.2, -0.15) is 0 Å². The number of rotatable bonds is 2. The van der Waals surface area contributed by atoms with Gasteiger partial charge in [0.25, 0.3) is 0 Å². The molecule has 6 aliphatic rings. The van der Waals surface area contributed by atoms with Crippen molar-refractivity contribution >= 4 is 17.5 Å². The van der Waals surface area contributed by atoms with Crippen LogP contribution in [0, 0.1) is 16.7 Å². The van der Waals surface area contributed by atoms with Crippen LogP contribution in [-0.4, -0.2) is 55.9 Å². The van der Waals surface area contributed by atoms with Gasteiger partial charge in [0.1, 0.15) is 23.9 Å². The standard InChI is InChI=1S/C19H22O7/c1-10-6-19(23-2,24-3)14-17(13(10)21)9-25-15(22)18(26-14)7-11-4-5-16(17,18)8-12(11)20/h11,14H,1,4-9H2,2-3H3/t11-,14-,16-,17-,18-/m1/s1. The van der Waals surface area contributed by atoms with Crippen LogP contribution in [0.25, 0.3) is 0 Å². The molecular weight excluding hydrogens is 340 g/mol. The summed E-state index contributed by atoms with van der Waals surface area (Å²) < 4.78 is 23.4. The second-order valence-electron chi connectivity index (χ2n) is 8.37. The van der Waals surface area contributed by atoms with Gasteiger partial charge in [0, 0.05) is 38.4 Å². The van der Waals surface area contributed by atoms with E-state index in [0.717, 1.165) is 0 Å². The number of Topliss-reactive ketones (excluding diaryl/α,β-unsaturated/α-hetero) is 2. The molecule has 26 heavy (non-hydrogen) atoms. The van der Waals surface area contributed by atoms with Gasteiger partial charge in [0.05, 0.1) is 0 Å². The highest BCUT2D eigenvalue weighted by atomic mass is 16.7. The molecular formula is C19H22O7. The van der Waals surface area contributed by atoms with Crippen LogP contribution in [0.2, 0.25) is 0 Å². The van der Waals surface area contributed by atoms with Gasteiger partial charge in [0.15, 0.2) is 17.2 Å². The normalized spacial score (nSPS) is 48.2. The Morgan fingerprint density at radius 3 is 2.54 bits per heavy atom. The van der Waals surface area contributed by atoms with Crippen molar-refractivity contribution in [3.8, 4) is 0 Å². The van der Waals surface area contributed by atoms with E-state index in [1.165, 1.54) is 14.2 Å². The zero-order chi connectivity index (χ0) is 18.5. The van der Waals surface area contributed by atoms with Crippen molar-refractivity contribution in [2.24, 2.45) is 16.7 Å². The summed E-state index contributed by atoms with van der Waals surface area (Å²) in [5, 5.41) is 0. The molecule has 2 saturated heterocycles. The van der Waals surface area contributed by atoms with Crippen LogP contribution in [0.4, 0.5) is 0 Å². The van der Waals surface area contributed by atoms with Crippen molar-refractivity contribution in [1.29, 1.82) is 0 Å². The molecule has 4 saturated carbocycles. The van der Waals surface area contributed by atoms with E-state index >= 15 is 0 Å². The summed E-state index contributed by atoms with van der Waals surface area (Å²) in [6.07, 6.45) is 1.01. The predicted molar refractivity (Wildman–Crippen MR) is 85.9 cm³/mol. The molecule has 0 radical (unpaired) electrons. The molecule has 2 heterocycles. The van der Waals surface area contributed by atoms with Crippen molar-refractivity contribution in [3.63, 3.8) is 0 Å². The van der Waals surface area contributed by atoms with Gasteiger partial charge in [-0.05, 0) is 24.8 Å². The van der Waals surface area contributed by atoms with Gasteiger partial charge < -0.3 is 18.9 Å². The summed E-state index contributed by atoms with van der Waals surface area (Å²) in [7, 11) is 2.99. The lowest BCUT2D eigenvalue weighted by Crippen LogP contribution is -2.73. The van der Waals surface area contributed by atoms with Gasteiger partial charge in [-0.25, -0.2) is 4.79 Å². The Labute approximate surface area is 151 Å². The van der Waals surface area contributed by atoms with Crippen LogP contribution >= 0.6 is 0 Å². The smallest absolute Gasteiger partial charge is 0.339 e. The van der Waals surface area contributed by atoms with Crippen LogP contribution in [0.3, 0.4) is 0 Å². The van der Waals surface area contributed by atoms with Crippen molar-refractivity contribution in [1.82, 2.24) is 0 Å². The summed E-state index contributed by atoms with van der Waals surface area (Å²) in [6.45, 7) is 3.83. The molecule has 4 bridgehead atoms.